The molecule has 2 fully saturated rings. The van der Waals surface area contributed by atoms with Gasteiger partial charge in [-0.05, 0) is 68.2 Å². The Kier molecular flexibility index (Phi) is 9.02. The van der Waals surface area contributed by atoms with Gasteiger partial charge in [0, 0.05) is 38.5 Å². The van der Waals surface area contributed by atoms with Gasteiger partial charge in [0.2, 0.25) is 0 Å². The molecule has 6 heteroatoms. The van der Waals surface area contributed by atoms with Gasteiger partial charge in [-0.15, -0.1) is 0 Å². The SMILES string of the molecule is C[C@@H]1CN[C@@H](COC2CCC(c3ccccc3)CC2)[C@H](c2ccnn2COCC[Si](C)(C)C)C1. The Morgan fingerprint density at radius 2 is 1.82 bits per heavy atom. The predicted octanol–water partition coefficient (Wildman–Crippen LogP) is 6.02. The van der Waals surface area contributed by atoms with Crippen molar-refractivity contribution in [2.75, 3.05) is 19.8 Å². The number of ether oxygens (including phenoxy) is 2. The first-order chi connectivity index (χ1) is 16.4. The zero-order valence-electron chi connectivity index (χ0n) is 21.7. The summed E-state index contributed by atoms with van der Waals surface area (Å²) in [5.74, 6) is 1.75. The van der Waals surface area contributed by atoms with Crippen molar-refractivity contribution in [2.45, 2.75) is 95.4 Å². The lowest BCUT2D eigenvalue weighted by Gasteiger charge is -2.37. The molecule has 0 radical (unpaired) electrons. The summed E-state index contributed by atoms with van der Waals surface area (Å²) in [6, 6.07) is 14.7. The highest BCUT2D eigenvalue weighted by Crippen LogP contribution is 2.35. The minimum atomic E-state index is -1.08. The number of rotatable bonds is 10. The maximum Gasteiger partial charge on any atom is 0.139 e. The van der Waals surface area contributed by atoms with E-state index in [1.165, 1.54) is 36.6 Å². The third kappa shape index (κ3) is 7.26. The Labute approximate surface area is 207 Å². The Bertz CT molecular complexity index is 858. The molecule has 2 heterocycles. The number of hydrogen-bond donors (Lipinski definition) is 1. The summed E-state index contributed by atoms with van der Waals surface area (Å²) < 4.78 is 14.6. The minimum Gasteiger partial charge on any atom is -0.377 e. The van der Waals surface area contributed by atoms with Crippen LogP contribution < -0.4 is 5.32 Å². The van der Waals surface area contributed by atoms with Crippen LogP contribution in [0.15, 0.2) is 42.6 Å². The van der Waals surface area contributed by atoms with Crippen LogP contribution in [0.3, 0.4) is 0 Å². The summed E-state index contributed by atoms with van der Waals surface area (Å²) in [5, 5.41) is 8.40. The Balaban J connectivity index is 1.30. The molecule has 4 rings (SSSR count). The van der Waals surface area contributed by atoms with Gasteiger partial charge < -0.3 is 14.8 Å². The van der Waals surface area contributed by atoms with Gasteiger partial charge in [-0.2, -0.15) is 5.10 Å². The van der Waals surface area contributed by atoms with Crippen LogP contribution in [0.4, 0.5) is 0 Å². The normalized spacial score (nSPS) is 28.2. The summed E-state index contributed by atoms with van der Waals surface area (Å²) in [4.78, 5) is 0. The molecule has 1 aromatic carbocycles. The van der Waals surface area contributed by atoms with E-state index in [1.54, 1.807) is 0 Å². The monoisotopic (exact) mass is 483 g/mol. The molecule has 188 valence electrons. The molecule has 2 aromatic rings. The van der Waals surface area contributed by atoms with E-state index in [-0.39, 0.29) is 0 Å². The van der Waals surface area contributed by atoms with E-state index in [4.69, 9.17) is 9.47 Å². The molecule has 1 aromatic heterocycles. The van der Waals surface area contributed by atoms with Crippen molar-refractivity contribution in [3.63, 3.8) is 0 Å². The maximum atomic E-state index is 6.53. The zero-order chi connectivity index (χ0) is 24.0. The predicted molar refractivity (Wildman–Crippen MR) is 142 cm³/mol. The molecule has 0 bridgehead atoms. The van der Waals surface area contributed by atoms with Crippen LogP contribution in [-0.2, 0) is 16.2 Å². The van der Waals surface area contributed by atoms with E-state index >= 15 is 0 Å². The smallest absolute Gasteiger partial charge is 0.139 e. The summed E-state index contributed by atoms with van der Waals surface area (Å²) in [6.45, 7) is 12.7. The molecule has 3 atom stereocenters. The first-order valence-corrected chi connectivity index (χ1v) is 17.1. The quantitative estimate of drug-likeness (QED) is 0.332. The van der Waals surface area contributed by atoms with Gasteiger partial charge in [0.05, 0.1) is 12.7 Å². The van der Waals surface area contributed by atoms with Gasteiger partial charge in [0.25, 0.3) is 0 Å². The highest BCUT2D eigenvalue weighted by Gasteiger charge is 2.33. The van der Waals surface area contributed by atoms with Crippen LogP contribution in [0.1, 0.15) is 62.1 Å². The number of aromatic nitrogens is 2. The molecule has 1 saturated heterocycles. The summed E-state index contributed by atoms with van der Waals surface area (Å²) >= 11 is 0. The molecule has 5 nitrogen and oxygen atoms in total. The summed E-state index contributed by atoms with van der Waals surface area (Å²) in [6.07, 6.45) is 8.27. The lowest BCUT2D eigenvalue weighted by Crippen LogP contribution is -2.47. The van der Waals surface area contributed by atoms with E-state index in [1.807, 2.05) is 6.20 Å². The van der Waals surface area contributed by atoms with Crippen LogP contribution in [0.2, 0.25) is 25.7 Å². The molecule has 34 heavy (non-hydrogen) atoms. The van der Waals surface area contributed by atoms with E-state index < -0.39 is 8.07 Å². The van der Waals surface area contributed by atoms with Crippen LogP contribution in [0, 0.1) is 5.92 Å². The van der Waals surface area contributed by atoms with Gasteiger partial charge in [0.15, 0.2) is 0 Å². The number of piperidine rings is 1. The average Bonchev–Trinajstić information content (AvgIpc) is 3.30. The van der Waals surface area contributed by atoms with Crippen molar-refractivity contribution in [1.82, 2.24) is 15.1 Å². The van der Waals surface area contributed by atoms with E-state index in [2.05, 4.69) is 78.1 Å². The van der Waals surface area contributed by atoms with Crippen molar-refractivity contribution in [3.8, 4) is 0 Å². The van der Waals surface area contributed by atoms with Crippen LogP contribution in [-0.4, -0.2) is 49.8 Å². The lowest BCUT2D eigenvalue weighted by molar-refractivity contribution is 0.00203. The Morgan fingerprint density at radius 1 is 1.06 bits per heavy atom. The molecule has 0 spiro atoms. The molecule has 0 unspecified atom stereocenters. The standard InChI is InChI=1S/C28H45N3O2Si/c1-22-18-26(28-14-15-30-31(28)21-32-16-17-34(2,3)4)27(29-19-22)20-33-25-12-10-24(11-13-25)23-8-6-5-7-9-23/h5-9,14-15,22,24-27,29H,10-13,16-21H2,1-4H3/t22-,24?,25?,26+,27-/m0/s1. The van der Waals surface area contributed by atoms with Crippen molar-refractivity contribution < 1.29 is 9.47 Å². The third-order valence-electron chi connectivity index (χ3n) is 7.67. The van der Waals surface area contributed by atoms with Crippen LogP contribution in [0.5, 0.6) is 0 Å². The number of nitrogens with one attached hydrogen (secondary N) is 1. The van der Waals surface area contributed by atoms with Crippen molar-refractivity contribution in [3.05, 3.63) is 53.9 Å². The fraction of sp³-hybridized carbons (Fsp3) is 0.679. The summed E-state index contributed by atoms with van der Waals surface area (Å²) in [7, 11) is -1.08. The van der Waals surface area contributed by atoms with Crippen LogP contribution >= 0.6 is 0 Å². The average molecular weight is 484 g/mol. The van der Waals surface area contributed by atoms with Gasteiger partial charge in [0.1, 0.15) is 6.73 Å². The molecular weight excluding hydrogens is 438 g/mol. The van der Waals surface area contributed by atoms with E-state index in [9.17, 15) is 0 Å². The molecule has 1 N–H and O–H groups in total. The molecule has 2 aliphatic rings. The van der Waals surface area contributed by atoms with Crippen LogP contribution in [0.25, 0.3) is 0 Å². The second kappa shape index (κ2) is 12.0. The van der Waals surface area contributed by atoms with Gasteiger partial charge in [-0.3, -0.25) is 0 Å². The lowest BCUT2D eigenvalue weighted by atomic mass is 9.82. The molecule has 1 aliphatic heterocycles. The van der Waals surface area contributed by atoms with Crippen molar-refractivity contribution in [1.29, 1.82) is 0 Å². The van der Waals surface area contributed by atoms with Gasteiger partial charge in [-0.1, -0.05) is 56.9 Å². The molecule has 1 aliphatic carbocycles. The second-order valence-electron chi connectivity index (χ2n) is 11.8. The highest BCUT2D eigenvalue weighted by molar-refractivity contribution is 6.76. The number of nitrogens with zero attached hydrogens (tertiary/aromatic N) is 2. The van der Waals surface area contributed by atoms with Crippen molar-refractivity contribution >= 4 is 8.07 Å². The second-order valence-corrected chi connectivity index (χ2v) is 17.4. The molecular formula is C28H45N3O2Si. The largest absolute Gasteiger partial charge is 0.377 e. The number of hydrogen-bond acceptors (Lipinski definition) is 4. The molecule has 0 amide bonds. The fourth-order valence-electron chi connectivity index (χ4n) is 5.50. The minimum absolute atomic E-state index is 0.334. The van der Waals surface area contributed by atoms with E-state index in [0.717, 1.165) is 32.6 Å². The zero-order valence-corrected chi connectivity index (χ0v) is 22.7. The highest BCUT2D eigenvalue weighted by atomic mass is 28.3. The van der Waals surface area contributed by atoms with Gasteiger partial charge >= 0.3 is 0 Å². The topological polar surface area (TPSA) is 48.3 Å². The first kappa shape index (κ1) is 25.6. The van der Waals surface area contributed by atoms with E-state index in [0.29, 0.717) is 36.6 Å². The fourth-order valence-corrected chi connectivity index (χ4v) is 6.26. The third-order valence-corrected chi connectivity index (χ3v) is 9.37. The summed E-state index contributed by atoms with van der Waals surface area (Å²) in [5.41, 5.74) is 2.78. The Hall–Kier alpha value is -1.47. The molecule has 1 saturated carbocycles. The Morgan fingerprint density at radius 3 is 2.56 bits per heavy atom. The number of benzene rings is 1. The van der Waals surface area contributed by atoms with Crippen molar-refractivity contribution in [2.24, 2.45) is 5.92 Å². The maximum absolute atomic E-state index is 6.53. The first-order valence-electron chi connectivity index (χ1n) is 13.4. The van der Waals surface area contributed by atoms with Gasteiger partial charge in [-0.25, -0.2) is 4.68 Å².